The van der Waals surface area contributed by atoms with Gasteiger partial charge in [-0.25, -0.2) is 9.18 Å². The van der Waals surface area contributed by atoms with E-state index >= 15 is 0 Å². The largest absolute Gasteiger partial charge is 0.496 e. The molecule has 2 aliphatic rings. The minimum atomic E-state index is -0.797. The number of nitrogens with zero attached hydrogens (tertiary/aromatic N) is 4. The first-order chi connectivity index (χ1) is 17.2. The lowest BCUT2D eigenvalue weighted by Gasteiger charge is -2.38. The fourth-order valence-electron chi connectivity index (χ4n) is 5.40. The molecule has 0 aromatic heterocycles. The molecule has 2 aliphatic heterocycles. The molecular formula is C28H35FN4O3. The highest BCUT2D eigenvalue weighted by atomic mass is 19.1. The number of hydrogen-bond donors (Lipinski definition) is 0. The zero-order valence-corrected chi connectivity index (χ0v) is 21.6. The summed E-state index contributed by atoms with van der Waals surface area (Å²) in [4.78, 5) is 34.5. The molecule has 0 aliphatic carbocycles. The van der Waals surface area contributed by atoms with Gasteiger partial charge in [-0.1, -0.05) is 30.3 Å². The number of hydrogen-bond acceptors (Lipinski definition) is 4. The molecule has 0 N–H and O–H groups in total. The van der Waals surface area contributed by atoms with Crippen LogP contribution in [0.4, 0.5) is 14.9 Å². The van der Waals surface area contributed by atoms with E-state index in [1.54, 1.807) is 35.1 Å². The van der Waals surface area contributed by atoms with Crippen LogP contribution in [0.1, 0.15) is 25.3 Å². The molecule has 2 atom stereocenters. The van der Waals surface area contributed by atoms with Gasteiger partial charge in [0, 0.05) is 55.5 Å². The van der Waals surface area contributed by atoms with E-state index in [0.717, 1.165) is 5.56 Å². The Morgan fingerprint density at radius 2 is 1.94 bits per heavy atom. The number of likely N-dealkylation sites (tertiary alicyclic amines) is 1. The van der Waals surface area contributed by atoms with Gasteiger partial charge in [0.05, 0.1) is 12.6 Å². The molecule has 3 amide bonds. The van der Waals surface area contributed by atoms with Crippen molar-refractivity contribution < 1.29 is 18.7 Å². The number of amides is 3. The summed E-state index contributed by atoms with van der Waals surface area (Å²) >= 11 is 0. The maximum atomic E-state index is 14.4. The summed E-state index contributed by atoms with van der Waals surface area (Å²) in [5.74, 6) is -0.0575. The lowest BCUT2D eigenvalue weighted by molar-refractivity contribution is -0.125. The van der Waals surface area contributed by atoms with Gasteiger partial charge in [-0.15, -0.1) is 0 Å². The molecule has 4 rings (SSSR count). The Morgan fingerprint density at radius 1 is 1.19 bits per heavy atom. The second-order valence-electron chi connectivity index (χ2n) is 10.1. The van der Waals surface area contributed by atoms with Gasteiger partial charge in [-0.2, -0.15) is 0 Å². The third kappa shape index (κ3) is 4.69. The van der Waals surface area contributed by atoms with Gasteiger partial charge in [0.15, 0.2) is 0 Å². The Labute approximate surface area is 212 Å². The number of para-hydroxylation sites is 1. The Bertz CT molecular complexity index is 1150. The average Bonchev–Trinajstić information content (AvgIpc) is 3.36. The summed E-state index contributed by atoms with van der Waals surface area (Å²) in [5.41, 5.74) is 0.613. The van der Waals surface area contributed by atoms with Crippen LogP contribution >= 0.6 is 0 Å². The lowest BCUT2D eigenvalue weighted by atomic mass is 9.80. The van der Waals surface area contributed by atoms with Gasteiger partial charge in [0.2, 0.25) is 5.91 Å². The number of ether oxygens (including phenoxy) is 1. The third-order valence-electron chi connectivity index (χ3n) is 7.09. The number of halogens is 1. The summed E-state index contributed by atoms with van der Waals surface area (Å²) in [7, 11) is 5.51. The molecule has 0 bridgehead atoms. The van der Waals surface area contributed by atoms with Crippen molar-refractivity contribution >= 4 is 17.6 Å². The summed E-state index contributed by atoms with van der Waals surface area (Å²) in [6.07, 6.45) is 3.44. The van der Waals surface area contributed by atoms with E-state index in [1.807, 2.05) is 68.1 Å². The van der Waals surface area contributed by atoms with Crippen LogP contribution in [-0.2, 0) is 4.79 Å². The van der Waals surface area contributed by atoms with Gasteiger partial charge >= 0.3 is 6.03 Å². The van der Waals surface area contributed by atoms with Crippen LogP contribution < -0.4 is 9.64 Å². The Kier molecular flexibility index (Phi) is 7.36. The van der Waals surface area contributed by atoms with Gasteiger partial charge in [0.1, 0.15) is 11.6 Å². The van der Waals surface area contributed by atoms with E-state index in [0.29, 0.717) is 37.6 Å². The zero-order valence-electron chi connectivity index (χ0n) is 21.6. The second-order valence-corrected chi connectivity index (χ2v) is 10.1. The third-order valence-corrected chi connectivity index (χ3v) is 7.09. The van der Waals surface area contributed by atoms with E-state index in [-0.39, 0.29) is 23.9 Å². The predicted octanol–water partition coefficient (Wildman–Crippen LogP) is 3.97. The molecule has 7 nitrogen and oxygen atoms in total. The van der Waals surface area contributed by atoms with Crippen molar-refractivity contribution in [2.45, 2.75) is 31.3 Å². The Balaban J connectivity index is 1.85. The van der Waals surface area contributed by atoms with Crippen molar-refractivity contribution in [2.24, 2.45) is 0 Å². The van der Waals surface area contributed by atoms with Crippen molar-refractivity contribution in [3.63, 3.8) is 0 Å². The first-order valence-corrected chi connectivity index (χ1v) is 12.3. The van der Waals surface area contributed by atoms with Crippen LogP contribution in [0.3, 0.4) is 0 Å². The minimum absolute atomic E-state index is 0.0593. The van der Waals surface area contributed by atoms with Gasteiger partial charge in [0.25, 0.3) is 0 Å². The fraction of sp³-hybridized carbons (Fsp3) is 0.429. The van der Waals surface area contributed by atoms with Crippen molar-refractivity contribution in [1.82, 2.24) is 14.7 Å². The number of carbonyl (C=O) groups is 2. The molecule has 0 saturated carbocycles. The smallest absolute Gasteiger partial charge is 0.325 e. The normalized spacial score (nSPS) is 22.2. The van der Waals surface area contributed by atoms with E-state index in [2.05, 4.69) is 0 Å². The highest BCUT2D eigenvalue weighted by molar-refractivity contribution is 5.98. The summed E-state index contributed by atoms with van der Waals surface area (Å²) in [6.45, 7) is 5.74. The van der Waals surface area contributed by atoms with Gasteiger partial charge in [-0.3, -0.25) is 9.69 Å². The van der Waals surface area contributed by atoms with Crippen LogP contribution in [-0.4, -0.2) is 85.6 Å². The van der Waals surface area contributed by atoms with Crippen molar-refractivity contribution in [2.75, 3.05) is 52.3 Å². The number of methoxy groups -OCH3 is 1. The summed E-state index contributed by atoms with van der Waals surface area (Å²) < 4.78 is 20.1. The molecule has 2 aromatic rings. The van der Waals surface area contributed by atoms with Crippen molar-refractivity contribution in [1.29, 1.82) is 0 Å². The highest BCUT2D eigenvalue weighted by Crippen LogP contribution is 2.49. The molecule has 2 aromatic carbocycles. The first-order valence-electron chi connectivity index (χ1n) is 12.3. The molecule has 0 unspecified atom stereocenters. The first kappa shape index (κ1) is 25.7. The molecule has 2 saturated heterocycles. The second kappa shape index (κ2) is 10.3. The molecule has 8 heteroatoms. The molecule has 36 heavy (non-hydrogen) atoms. The SMILES string of the molecule is COc1ccccc1[C@H]1CN(C(=O)/C=C/CN(C)C)C[C@@]12CN(C(C)C)C(=O)N2c1cccc(F)c1. The average molecular weight is 495 g/mol. The lowest BCUT2D eigenvalue weighted by Crippen LogP contribution is -2.53. The van der Waals surface area contributed by atoms with E-state index in [9.17, 15) is 14.0 Å². The van der Waals surface area contributed by atoms with Crippen LogP contribution in [0.15, 0.2) is 60.7 Å². The number of urea groups is 1. The molecular weight excluding hydrogens is 459 g/mol. The van der Waals surface area contributed by atoms with Crippen molar-refractivity contribution in [3.05, 3.63) is 72.1 Å². The standard InChI is InChI=1S/C28H35FN4O3/c1-20(2)32-19-28(33(27(32)35)22-11-8-10-21(29)16-22)18-31(26(34)14-9-15-30(3)4)17-24(28)23-12-6-7-13-25(23)36-5/h6-14,16,20,24H,15,17-19H2,1-5H3/b14-9+/t24-,28-/m1/s1. The maximum Gasteiger partial charge on any atom is 0.325 e. The van der Waals surface area contributed by atoms with Crippen LogP contribution in [0.5, 0.6) is 5.75 Å². The molecule has 192 valence electrons. The van der Waals surface area contributed by atoms with E-state index in [1.165, 1.54) is 12.1 Å². The van der Waals surface area contributed by atoms with E-state index < -0.39 is 11.4 Å². The van der Waals surface area contributed by atoms with Gasteiger partial charge < -0.3 is 19.4 Å². The van der Waals surface area contributed by atoms with Gasteiger partial charge in [-0.05, 0) is 52.2 Å². The highest BCUT2D eigenvalue weighted by Gasteiger charge is 2.60. The Morgan fingerprint density at radius 3 is 2.61 bits per heavy atom. The minimum Gasteiger partial charge on any atom is -0.496 e. The van der Waals surface area contributed by atoms with Crippen LogP contribution in [0, 0.1) is 5.82 Å². The number of anilines is 1. The summed E-state index contributed by atoms with van der Waals surface area (Å²) in [5, 5.41) is 0. The van der Waals surface area contributed by atoms with Crippen LogP contribution in [0.2, 0.25) is 0 Å². The van der Waals surface area contributed by atoms with Crippen LogP contribution in [0.25, 0.3) is 0 Å². The predicted molar refractivity (Wildman–Crippen MR) is 139 cm³/mol. The van der Waals surface area contributed by atoms with E-state index in [4.69, 9.17) is 4.74 Å². The zero-order chi connectivity index (χ0) is 26.0. The monoisotopic (exact) mass is 494 g/mol. The maximum absolute atomic E-state index is 14.4. The molecule has 0 radical (unpaired) electrons. The van der Waals surface area contributed by atoms with Crippen molar-refractivity contribution in [3.8, 4) is 5.75 Å². The quantitative estimate of drug-likeness (QED) is 0.547. The molecule has 1 spiro atoms. The number of rotatable bonds is 7. The molecule has 2 fully saturated rings. The Hall–Kier alpha value is -3.39. The number of benzene rings is 2. The fourth-order valence-corrected chi connectivity index (χ4v) is 5.40. The number of carbonyl (C=O) groups excluding carboxylic acids is 2. The molecule has 2 heterocycles. The topological polar surface area (TPSA) is 56.3 Å². The summed E-state index contributed by atoms with van der Waals surface area (Å²) in [6, 6.07) is 13.6. The number of likely N-dealkylation sites (N-methyl/N-ethyl adjacent to an activating group) is 1.